The van der Waals surface area contributed by atoms with Crippen LogP contribution in [0.2, 0.25) is 0 Å². The number of anilines is 1. The molecular weight excluding hydrogens is 973 g/mol. The van der Waals surface area contributed by atoms with Crippen LogP contribution in [-0.4, -0.2) is 104 Å². The number of piperazine rings is 1. The molecule has 77 heavy (non-hydrogen) atoms. The standard InChI is InChI=1S/C35H41NO3S.C31H39N5O/c37-24-4-7-34(29-5-2-1-3-6-29)35(30-10-8-26(9-11-30)25-40(38,39)33-18-19-33)31-14-12-27(13-15-31)28-20-22-36(23-21-28)32-16-17-32;1-23(2)35-18-20-36(21-19-35)28-16-12-26(13-17-28)30(25-10-14-27(15-11-25)34-31(32)33)29(9-6-22-37)24-7-4-3-5-8-24/h1-3,5-6,8-15,28,32-33,37H,4,7,16-25H2;3-5,7-8,10-17,23,37H,6,9,18-22H2,1-2H3,(H4,32,33,34)/b35-34-;30-29-. The third-order valence-electron chi connectivity index (χ3n) is 15.9. The number of aliphatic hydroxyl groups is 2. The monoisotopic (exact) mass is 1050 g/mol. The van der Waals surface area contributed by atoms with Crippen molar-refractivity contribution in [2.45, 2.75) is 107 Å². The average Bonchev–Trinajstić information content (AvgIpc) is 4.41. The first-order valence-electron chi connectivity index (χ1n) is 28.2. The van der Waals surface area contributed by atoms with Gasteiger partial charge in [-0.25, -0.2) is 13.4 Å². The third-order valence-corrected chi connectivity index (χ3v) is 18.1. The molecule has 2 saturated carbocycles. The number of nitrogens with zero attached hydrogens (tertiary/aromatic N) is 4. The molecule has 2 aliphatic carbocycles. The maximum Gasteiger partial charge on any atom is 0.191 e. The number of allylic oxidation sites excluding steroid dienone is 2. The third kappa shape index (κ3) is 14.8. The summed E-state index contributed by atoms with van der Waals surface area (Å²) in [4.78, 5) is 11.9. The highest BCUT2D eigenvalue weighted by molar-refractivity contribution is 7.91. The Morgan fingerprint density at radius 3 is 1.47 bits per heavy atom. The van der Waals surface area contributed by atoms with Crippen molar-refractivity contribution in [2.24, 2.45) is 16.5 Å². The van der Waals surface area contributed by atoms with Gasteiger partial charge in [-0.3, -0.25) is 4.90 Å². The number of benzene rings is 6. The highest BCUT2D eigenvalue weighted by Gasteiger charge is 2.36. The number of hydrogen-bond acceptors (Lipinski definition) is 8. The summed E-state index contributed by atoms with van der Waals surface area (Å²) in [6.07, 6.45) is 9.73. The van der Waals surface area contributed by atoms with Gasteiger partial charge in [0.2, 0.25) is 0 Å². The van der Waals surface area contributed by atoms with Gasteiger partial charge in [0, 0.05) is 57.2 Å². The Balaban J connectivity index is 0.000000188. The first-order chi connectivity index (χ1) is 37.5. The van der Waals surface area contributed by atoms with Crippen molar-refractivity contribution in [1.29, 1.82) is 0 Å². The summed E-state index contributed by atoms with van der Waals surface area (Å²) in [5.74, 6) is 0.773. The predicted octanol–water partition coefficient (Wildman–Crippen LogP) is 11.7. The molecule has 11 heteroatoms. The second kappa shape index (κ2) is 26.3. The maximum atomic E-state index is 12.6. The molecule has 2 saturated heterocycles. The summed E-state index contributed by atoms with van der Waals surface area (Å²) in [6.45, 7) is 11.5. The van der Waals surface area contributed by atoms with Crippen molar-refractivity contribution in [2.75, 3.05) is 57.4 Å². The number of rotatable bonds is 20. The van der Waals surface area contributed by atoms with E-state index in [9.17, 15) is 18.6 Å². The van der Waals surface area contributed by atoms with Crippen LogP contribution in [0.25, 0.3) is 22.3 Å². The molecule has 2 heterocycles. The first kappa shape index (κ1) is 55.4. The van der Waals surface area contributed by atoms with E-state index in [0.29, 0.717) is 24.8 Å². The lowest BCUT2D eigenvalue weighted by Gasteiger charge is -2.38. The molecule has 10 rings (SSSR count). The fraction of sp³-hybridized carbons (Fsp3) is 0.379. The van der Waals surface area contributed by atoms with Crippen LogP contribution in [0.3, 0.4) is 0 Å². The number of aliphatic imine (C=N–C) groups is 1. The minimum absolute atomic E-state index is 0.0428. The molecular formula is C66H80N6O4S. The lowest BCUT2D eigenvalue weighted by molar-refractivity contribution is 0.203. The molecule has 6 aromatic carbocycles. The Morgan fingerprint density at radius 1 is 0.558 bits per heavy atom. The van der Waals surface area contributed by atoms with E-state index in [-0.39, 0.29) is 30.2 Å². The Hall–Kier alpha value is -6.34. The van der Waals surface area contributed by atoms with E-state index >= 15 is 0 Å². The zero-order valence-corrected chi connectivity index (χ0v) is 46.1. The molecule has 404 valence electrons. The molecule has 2 aliphatic heterocycles. The quantitative estimate of drug-likeness (QED) is 0.0333. The maximum absolute atomic E-state index is 12.6. The van der Waals surface area contributed by atoms with Crippen molar-refractivity contribution in [3.8, 4) is 0 Å². The van der Waals surface area contributed by atoms with Gasteiger partial charge in [0.25, 0.3) is 0 Å². The van der Waals surface area contributed by atoms with Gasteiger partial charge >= 0.3 is 0 Å². The van der Waals surface area contributed by atoms with Crippen molar-refractivity contribution in [3.05, 3.63) is 202 Å². The minimum atomic E-state index is -3.06. The van der Waals surface area contributed by atoms with Gasteiger partial charge in [0.05, 0.1) is 16.7 Å². The van der Waals surface area contributed by atoms with Gasteiger partial charge < -0.3 is 31.5 Å². The molecule has 10 nitrogen and oxygen atoms in total. The fourth-order valence-corrected chi connectivity index (χ4v) is 13.1. The molecule has 0 amide bonds. The first-order valence-corrected chi connectivity index (χ1v) is 29.9. The van der Waals surface area contributed by atoms with Crippen LogP contribution in [0.1, 0.15) is 128 Å². The Kier molecular flexibility index (Phi) is 19.0. The van der Waals surface area contributed by atoms with E-state index in [1.54, 1.807) is 0 Å². The SMILES string of the molecule is CC(C)N1CCN(c2ccc(/C(=C(/CCCO)c3ccccc3)c3ccc(N=C(N)N)cc3)cc2)CC1.O=S(=O)(Cc1ccc(/C(=C(\CCCO)c2ccccc2)c2ccc(C3CCN(C4CC4)CC3)cc2)cc1)C1CC1. The summed E-state index contributed by atoms with van der Waals surface area (Å²) in [7, 11) is -3.06. The number of sulfone groups is 1. The van der Waals surface area contributed by atoms with E-state index in [4.69, 9.17) is 11.5 Å². The van der Waals surface area contributed by atoms with E-state index in [1.807, 2.05) is 36.4 Å². The number of likely N-dealkylation sites (tertiary alicyclic amines) is 1. The van der Waals surface area contributed by atoms with Crippen molar-refractivity contribution in [1.82, 2.24) is 9.80 Å². The van der Waals surface area contributed by atoms with E-state index in [2.05, 4.69) is 155 Å². The minimum Gasteiger partial charge on any atom is -0.396 e. The van der Waals surface area contributed by atoms with Gasteiger partial charge in [-0.2, -0.15) is 0 Å². The van der Waals surface area contributed by atoms with E-state index in [1.165, 1.54) is 61.2 Å². The normalized spacial score (nSPS) is 17.3. The van der Waals surface area contributed by atoms with Gasteiger partial charge in [-0.05, 0) is 188 Å². The van der Waals surface area contributed by atoms with Crippen LogP contribution >= 0.6 is 0 Å². The van der Waals surface area contributed by atoms with Crippen molar-refractivity contribution in [3.63, 3.8) is 0 Å². The Morgan fingerprint density at radius 2 is 1.03 bits per heavy atom. The second-order valence-corrected chi connectivity index (χ2v) is 24.0. The van der Waals surface area contributed by atoms with Crippen LogP contribution in [-0.2, 0) is 15.6 Å². The van der Waals surface area contributed by atoms with Crippen LogP contribution in [0.15, 0.2) is 163 Å². The highest BCUT2D eigenvalue weighted by Crippen LogP contribution is 2.40. The molecule has 6 N–H and O–H groups in total. The lowest BCUT2D eigenvalue weighted by Crippen LogP contribution is -2.48. The molecule has 0 spiro atoms. The van der Waals surface area contributed by atoms with Crippen LogP contribution in [0.5, 0.6) is 0 Å². The number of aliphatic hydroxyl groups excluding tert-OH is 2. The van der Waals surface area contributed by atoms with Gasteiger partial charge in [-0.15, -0.1) is 0 Å². The number of nitrogens with two attached hydrogens (primary N) is 2. The summed E-state index contributed by atoms with van der Waals surface area (Å²) in [6, 6.07) is 56.6. The molecule has 0 unspecified atom stereocenters. The summed E-state index contributed by atoms with van der Waals surface area (Å²) in [5.41, 5.74) is 26.9. The van der Waals surface area contributed by atoms with Crippen LogP contribution in [0, 0.1) is 0 Å². The lowest BCUT2D eigenvalue weighted by atomic mass is 9.84. The molecule has 4 fully saturated rings. The van der Waals surface area contributed by atoms with Gasteiger partial charge in [0.1, 0.15) is 0 Å². The Bertz CT molecular complexity index is 3020. The summed E-state index contributed by atoms with van der Waals surface area (Å²) in [5, 5.41) is 19.3. The van der Waals surface area contributed by atoms with E-state index < -0.39 is 9.84 Å². The van der Waals surface area contributed by atoms with E-state index in [0.717, 1.165) is 114 Å². The van der Waals surface area contributed by atoms with Gasteiger partial charge in [0.15, 0.2) is 15.8 Å². The largest absolute Gasteiger partial charge is 0.396 e. The topological polar surface area (TPSA) is 149 Å². The zero-order chi connectivity index (χ0) is 53.7. The summed E-state index contributed by atoms with van der Waals surface area (Å²) >= 11 is 0. The molecule has 0 aromatic heterocycles. The van der Waals surface area contributed by atoms with Gasteiger partial charge in [-0.1, -0.05) is 133 Å². The number of guanidine groups is 1. The predicted molar refractivity (Wildman–Crippen MR) is 320 cm³/mol. The molecule has 4 aliphatic rings. The van der Waals surface area contributed by atoms with Crippen LogP contribution in [0.4, 0.5) is 11.4 Å². The highest BCUT2D eigenvalue weighted by atomic mass is 32.2. The molecule has 0 bridgehead atoms. The molecule has 6 aromatic rings. The van der Waals surface area contributed by atoms with Crippen molar-refractivity contribution >= 4 is 49.5 Å². The second-order valence-electron chi connectivity index (χ2n) is 21.7. The van der Waals surface area contributed by atoms with Crippen LogP contribution < -0.4 is 16.4 Å². The molecule has 0 atom stereocenters. The number of hydrogen-bond donors (Lipinski definition) is 4. The zero-order valence-electron chi connectivity index (χ0n) is 45.3. The fourth-order valence-electron chi connectivity index (χ4n) is 11.3. The molecule has 0 radical (unpaired) electrons. The number of piperidine rings is 1. The smallest absolute Gasteiger partial charge is 0.191 e. The Labute approximate surface area is 458 Å². The van der Waals surface area contributed by atoms with Crippen molar-refractivity contribution < 1.29 is 18.6 Å². The summed E-state index contributed by atoms with van der Waals surface area (Å²) < 4.78 is 25.2. The average molecular weight is 1050 g/mol.